The maximum Gasteiger partial charge on any atom is 0.0575 e. The van der Waals surface area contributed by atoms with E-state index < -0.39 is 0 Å². The van der Waals surface area contributed by atoms with Crippen molar-refractivity contribution in [3.63, 3.8) is 0 Å². The van der Waals surface area contributed by atoms with Gasteiger partial charge in [-0.2, -0.15) is 0 Å². The molecule has 1 fully saturated rings. The van der Waals surface area contributed by atoms with E-state index in [4.69, 9.17) is 10.5 Å². The van der Waals surface area contributed by atoms with E-state index in [0.717, 1.165) is 19.4 Å². The quantitative estimate of drug-likeness (QED) is 0.890. The Morgan fingerprint density at radius 2 is 1.80 bits per heavy atom. The molecule has 0 saturated carbocycles. The van der Waals surface area contributed by atoms with Crippen molar-refractivity contribution in [2.45, 2.75) is 71.9 Å². The molecular weight excluding hydrogens is 246 g/mol. The molecule has 0 amide bonds. The van der Waals surface area contributed by atoms with Gasteiger partial charge in [0, 0.05) is 12.6 Å². The van der Waals surface area contributed by atoms with Crippen LogP contribution >= 0.6 is 0 Å². The molecule has 20 heavy (non-hydrogen) atoms. The Kier molecular flexibility index (Phi) is 5.22. The lowest BCUT2D eigenvalue weighted by Gasteiger charge is -2.25. The number of benzene rings is 1. The van der Waals surface area contributed by atoms with Gasteiger partial charge in [0.15, 0.2) is 0 Å². The molecule has 1 aromatic rings. The second-order valence-electron chi connectivity index (χ2n) is 6.35. The van der Waals surface area contributed by atoms with Crippen LogP contribution in [-0.4, -0.2) is 12.7 Å². The predicted octanol–water partition coefficient (Wildman–Crippen LogP) is 4.27. The molecule has 1 heterocycles. The lowest BCUT2D eigenvalue weighted by molar-refractivity contribution is 0.00910. The topological polar surface area (TPSA) is 35.2 Å². The number of hydrogen-bond acceptors (Lipinski definition) is 2. The van der Waals surface area contributed by atoms with Crippen molar-refractivity contribution >= 4 is 0 Å². The van der Waals surface area contributed by atoms with Crippen LogP contribution < -0.4 is 5.73 Å². The second-order valence-corrected chi connectivity index (χ2v) is 6.35. The SMILES string of the molecule is Cc1cc(C)c(C)c(C(N)CCC2CCCCO2)c1C. The Morgan fingerprint density at radius 3 is 2.35 bits per heavy atom. The molecule has 2 heteroatoms. The van der Waals surface area contributed by atoms with Gasteiger partial charge in [0.25, 0.3) is 0 Å². The molecule has 2 atom stereocenters. The molecule has 0 spiro atoms. The van der Waals surface area contributed by atoms with Crippen LogP contribution in [0.25, 0.3) is 0 Å². The first-order valence-corrected chi connectivity index (χ1v) is 7.95. The molecule has 1 saturated heterocycles. The summed E-state index contributed by atoms with van der Waals surface area (Å²) in [6.07, 6.45) is 6.28. The molecule has 1 aliphatic heterocycles. The van der Waals surface area contributed by atoms with Crippen molar-refractivity contribution in [1.82, 2.24) is 0 Å². The number of rotatable bonds is 4. The van der Waals surface area contributed by atoms with E-state index in [1.165, 1.54) is 47.1 Å². The average molecular weight is 275 g/mol. The Bertz CT molecular complexity index is 435. The van der Waals surface area contributed by atoms with Gasteiger partial charge in [0.2, 0.25) is 0 Å². The van der Waals surface area contributed by atoms with Gasteiger partial charge in [-0.15, -0.1) is 0 Å². The van der Waals surface area contributed by atoms with Crippen LogP contribution in [0.4, 0.5) is 0 Å². The van der Waals surface area contributed by atoms with Gasteiger partial charge < -0.3 is 10.5 Å². The summed E-state index contributed by atoms with van der Waals surface area (Å²) in [6, 6.07) is 2.41. The summed E-state index contributed by atoms with van der Waals surface area (Å²) >= 11 is 0. The van der Waals surface area contributed by atoms with E-state index in [-0.39, 0.29) is 6.04 Å². The highest BCUT2D eigenvalue weighted by Gasteiger charge is 2.19. The summed E-state index contributed by atoms with van der Waals surface area (Å²) in [5, 5.41) is 0. The van der Waals surface area contributed by atoms with Crippen molar-refractivity contribution in [3.8, 4) is 0 Å². The highest BCUT2D eigenvalue weighted by atomic mass is 16.5. The fraction of sp³-hybridized carbons (Fsp3) is 0.667. The summed E-state index contributed by atoms with van der Waals surface area (Å²) in [6.45, 7) is 9.70. The average Bonchev–Trinajstić information content (AvgIpc) is 2.44. The van der Waals surface area contributed by atoms with Crippen LogP contribution in [0.5, 0.6) is 0 Å². The lowest BCUT2D eigenvalue weighted by Crippen LogP contribution is -2.22. The van der Waals surface area contributed by atoms with E-state index in [0.29, 0.717) is 6.10 Å². The van der Waals surface area contributed by atoms with Gasteiger partial charge in [-0.25, -0.2) is 0 Å². The molecule has 2 unspecified atom stereocenters. The minimum Gasteiger partial charge on any atom is -0.378 e. The zero-order valence-electron chi connectivity index (χ0n) is 13.5. The summed E-state index contributed by atoms with van der Waals surface area (Å²) in [5.74, 6) is 0. The molecule has 1 aliphatic rings. The third kappa shape index (κ3) is 3.42. The Morgan fingerprint density at radius 1 is 1.15 bits per heavy atom. The maximum atomic E-state index is 6.50. The highest BCUT2D eigenvalue weighted by molar-refractivity contribution is 5.45. The number of aryl methyl sites for hydroxylation is 2. The second kappa shape index (κ2) is 6.73. The number of hydrogen-bond donors (Lipinski definition) is 1. The van der Waals surface area contributed by atoms with Crippen LogP contribution in [0, 0.1) is 27.7 Å². The Balaban J connectivity index is 2.06. The Hall–Kier alpha value is -0.860. The van der Waals surface area contributed by atoms with Crippen molar-refractivity contribution in [2.24, 2.45) is 5.73 Å². The molecule has 2 N–H and O–H groups in total. The standard InChI is InChI=1S/C18H29NO/c1-12-11-13(2)15(4)18(14(12)3)17(19)9-8-16-7-5-6-10-20-16/h11,16-17H,5-10,19H2,1-4H3. The van der Waals surface area contributed by atoms with E-state index in [9.17, 15) is 0 Å². The van der Waals surface area contributed by atoms with Gasteiger partial charge in [0.1, 0.15) is 0 Å². The molecule has 0 radical (unpaired) electrons. The summed E-state index contributed by atoms with van der Waals surface area (Å²) in [7, 11) is 0. The van der Waals surface area contributed by atoms with E-state index in [1.54, 1.807) is 0 Å². The predicted molar refractivity (Wildman–Crippen MR) is 85.1 cm³/mol. The largest absolute Gasteiger partial charge is 0.378 e. The number of ether oxygens (including phenoxy) is 1. The summed E-state index contributed by atoms with van der Waals surface area (Å²) in [5.41, 5.74) is 13.3. The fourth-order valence-corrected chi connectivity index (χ4v) is 3.35. The molecule has 0 aliphatic carbocycles. The van der Waals surface area contributed by atoms with Gasteiger partial charge in [-0.1, -0.05) is 6.07 Å². The minimum atomic E-state index is 0.138. The molecule has 0 bridgehead atoms. The van der Waals surface area contributed by atoms with Crippen LogP contribution in [0.3, 0.4) is 0 Å². The minimum absolute atomic E-state index is 0.138. The van der Waals surface area contributed by atoms with Gasteiger partial charge >= 0.3 is 0 Å². The van der Waals surface area contributed by atoms with Crippen molar-refractivity contribution in [1.29, 1.82) is 0 Å². The zero-order valence-corrected chi connectivity index (χ0v) is 13.5. The van der Waals surface area contributed by atoms with Crippen molar-refractivity contribution < 1.29 is 4.74 Å². The highest BCUT2D eigenvalue weighted by Crippen LogP contribution is 2.30. The van der Waals surface area contributed by atoms with Crippen molar-refractivity contribution in [2.75, 3.05) is 6.61 Å². The zero-order chi connectivity index (χ0) is 14.7. The third-order valence-corrected chi connectivity index (χ3v) is 4.87. The van der Waals surface area contributed by atoms with E-state index in [2.05, 4.69) is 33.8 Å². The lowest BCUT2D eigenvalue weighted by atomic mass is 9.87. The van der Waals surface area contributed by atoms with Gasteiger partial charge in [-0.3, -0.25) is 0 Å². The monoisotopic (exact) mass is 275 g/mol. The summed E-state index contributed by atoms with van der Waals surface area (Å²) in [4.78, 5) is 0. The van der Waals surface area contributed by atoms with Gasteiger partial charge in [-0.05, 0) is 87.6 Å². The van der Waals surface area contributed by atoms with Crippen LogP contribution in [0.1, 0.15) is 66.0 Å². The maximum absolute atomic E-state index is 6.50. The van der Waals surface area contributed by atoms with Crippen LogP contribution in [-0.2, 0) is 4.74 Å². The van der Waals surface area contributed by atoms with Crippen LogP contribution in [0.15, 0.2) is 6.07 Å². The smallest absolute Gasteiger partial charge is 0.0575 e. The number of nitrogens with two attached hydrogens (primary N) is 1. The molecule has 1 aromatic carbocycles. The van der Waals surface area contributed by atoms with E-state index in [1.807, 2.05) is 0 Å². The molecule has 0 aromatic heterocycles. The first-order chi connectivity index (χ1) is 9.50. The molecule has 2 rings (SSSR count). The fourth-order valence-electron chi connectivity index (χ4n) is 3.35. The molecule has 2 nitrogen and oxygen atoms in total. The molecule has 112 valence electrons. The normalized spacial score (nSPS) is 20.9. The van der Waals surface area contributed by atoms with E-state index >= 15 is 0 Å². The first-order valence-electron chi connectivity index (χ1n) is 7.95. The first kappa shape index (κ1) is 15.5. The van der Waals surface area contributed by atoms with Crippen LogP contribution in [0.2, 0.25) is 0 Å². The van der Waals surface area contributed by atoms with Gasteiger partial charge in [0.05, 0.1) is 6.10 Å². The Labute approximate surface area is 123 Å². The summed E-state index contributed by atoms with van der Waals surface area (Å²) < 4.78 is 5.82. The third-order valence-electron chi connectivity index (χ3n) is 4.87. The van der Waals surface area contributed by atoms with Crippen molar-refractivity contribution in [3.05, 3.63) is 33.9 Å². The molecular formula is C18H29NO.